The van der Waals surface area contributed by atoms with Gasteiger partial charge in [-0.2, -0.15) is 0 Å². The lowest BCUT2D eigenvalue weighted by molar-refractivity contribution is -0.0149. The highest BCUT2D eigenvalue weighted by Crippen LogP contribution is 2.12. The van der Waals surface area contributed by atoms with Gasteiger partial charge in [0.25, 0.3) is 5.91 Å². The zero-order valence-corrected chi connectivity index (χ0v) is 11.2. The van der Waals surface area contributed by atoms with Crippen molar-refractivity contribution in [1.82, 2.24) is 5.32 Å². The molecule has 0 heterocycles. The zero-order chi connectivity index (χ0) is 13.6. The van der Waals surface area contributed by atoms with Crippen LogP contribution in [0.2, 0.25) is 0 Å². The Labute approximate surface area is 108 Å². The summed E-state index contributed by atoms with van der Waals surface area (Å²) in [5.41, 5.74) is 1.45. The van der Waals surface area contributed by atoms with Gasteiger partial charge in [0.15, 0.2) is 0 Å². The van der Waals surface area contributed by atoms with Crippen LogP contribution in [-0.2, 0) is 11.3 Å². The molecule has 0 aliphatic carbocycles. The van der Waals surface area contributed by atoms with Crippen molar-refractivity contribution in [3.05, 3.63) is 35.4 Å². The molecule has 2 N–H and O–H groups in total. The molecule has 0 aromatic heterocycles. The van der Waals surface area contributed by atoms with Crippen molar-refractivity contribution in [2.75, 3.05) is 13.2 Å². The van der Waals surface area contributed by atoms with Gasteiger partial charge in [-0.3, -0.25) is 4.79 Å². The summed E-state index contributed by atoms with van der Waals surface area (Å²) in [5, 5.41) is 11.2. The van der Waals surface area contributed by atoms with Gasteiger partial charge in [0.1, 0.15) is 0 Å². The van der Waals surface area contributed by atoms with E-state index >= 15 is 0 Å². The highest BCUT2D eigenvalue weighted by atomic mass is 16.5. The summed E-state index contributed by atoms with van der Waals surface area (Å²) in [6.07, 6.45) is 0. The van der Waals surface area contributed by atoms with Crippen molar-refractivity contribution < 1.29 is 14.6 Å². The Bertz CT molecular complexity index is 379. The van der Waals surface area contributed by atoms with Crippen LogP contribution in [0.4, 0.5) is 0 Å². The molecule has 0 saturated heterocycles. The maximum absolute atomic E-state index is 11.6. The molecule has 0 aliphatic rings. The Morgan fingerprint density at radius 3 is 2.39 bits per heavy atom. The second-order valence-electron chi connectivity index (χ2n) is 5.08. The molecule has 18 heavy (non-hydrogen) atoms. The largest absolute Gasteiger partial charge is 0.395 e. The number of carbonyl (C=O) groups excluding carboxylic acids is 1. The van der Waals surface area contributed by atoms with Crippen molar-refractivity contribution in [3.8, 4) is 0 Å². The van der Waals surface area contributed by atoms with Crippen LogP contribution >= 0.6 is 0 Å². The lowest BCUT2D eigenvalue weighted by Crippen LogP contribution is -2.26. The minimum atomic E-state index is -0.174. The molecule has 0 saturated carbocycles. The molecule has 0 unspecified atom stereocenters. The third-order valence-electron chi connectivity index (χ3n) is 2.29. The third-order valence-corrected chi connectivity index (χ3v) is 2.29. The Kier molecular flexibility index (Phi) is 5.31. The van der Waals surface area contributed by atoms with E-state index < -0.39 is 0 Å². The lowest BCUT2D eigenvalue weighted by Gasteiger charge is -2.19. The number of ether oxygens (including phenoxy) is 1. The van der Waals surface area contributed by atoms with Gasteiger partial charge in [-0.15, -0.1) is 0 Å². The molecular weight excluding hydrogens is 230 g/mol. The minimum Gasteiger partial charge on any atom is -0.395 e. The van der Waals surface area contributed by atoms with Crippen LogP contribution in [0.15, 0.2) is 24.3 Å². The molecular formula is C14H21NO3. The standard InChI is InChI=1S/C14H21NO3/c1-14(2,3)18-10-11-4-6-12(7-5-11)13(17)15-8-9-16/h4-7,16H,8-10H2,1-3H3,(H,15,17). The van der Waals surface area contributed by atoms with E-state index in [1.165, 1.54) is 0 Å². The summed E-state index contributed by atoms with van der Waals surface area (Å²) >= 11 is 0. The van der Waals surface area contributed by atoms with E-state index in [4.69, 9.17) is 9.84 Å². The fraction of sp³-hybridized carbons (Fsp3) is 0.500. The number of aliphatic hydroxyl groups excluding tert-OH is 1. The minimum absolute atomic E-state index is 0.0523. The average Bonchev–Trinajstić information content (AvgIpc) is 2.33. The molecule has 0 bridgehead atoms. The Morgan fingerprint density at radius 2 is 1.89 bits per heavy atom. The van der Waals surface area contributed by atoms with E-state index in [-0.39, 0.29) is 24.7 Å². The van der Waals surface area contributed by atoms with Crippen LogP contribution in [0.5, 0.6) is 0 Å². The predicted octanol–water partition coefficient (Wildman–Crippen LogP) is 1.72. The summed E-state index contributed by atoms with van der Waals surface area (Å²) < 4.78 is 5.65. The molecule has 1 rings (SSSR count). The van der Waals surface area contributed by atoms with Gasteiger partial charge in [0.2, 0.25) is 0 Å². The second kappa shape index (κ2) is 6.52. The molecule has 1 amide bonds. The fourth-order valence-electron chi connectivity index (χ4n) is 1.32. The molecule has 1 aromatic carbocycles. The molecule has 0 atom stereocenters. The SMILES string of the molecule is CC(C)(C)OCc1ccc(C(=O)NCCO)cc1. The van der Waals surface area contributed by atoms with Crippen molar-refractivity contribution >= 4 is 5.91 Å². The number of rotatable bonds is 5. The summed E-state index contributed by atoms with van der Waals surface area (Å²) in [5.74, 6) is -0.174. The first-order chi connectivity index (χ1) is 8.42. The molecule has 1 aromatic rings. The Hall–Kier alpha value is -1.39. The number of hydrogen-bond donors (Lipinski definition) is 2. The Morgan fingerprint density at radius 1 is 1.28 bits per heavy atom. The number of benzene rings is 1. The van der Waals surface area contributed by atoms with E-state index in [9.17, 15) is 4.79 Å². The third kappa shape index (κ3) is 5.29. The van der Waals surface area contributed by atoms with Crippen LogP contribution in [0, 0.1) is 0 Å². The summed E-state index contributed by atoms with van der Waals surface area (Å²) in [4.78, 5) is 11.6. The van der Waals surface area contributed by atoms with Gasteiger partial charge in [-0.25, -0.2) is 0 Å². The van der Waals surface area contributed by atoms with E-state index in [1.807, 2.05) is 32.9 Å². The normalized spacial score (nSPS) is 11.3. The van der Waals surface area contributed by atoms with Crippen LogP contribution in [-0.4, -0.2) is 29.8 Å². The van der Waals surface area contributed by atoms with Crippen LogP contribution in [0.3, 0.4) is 0 Å². The monoisotopic (exact) mass is 251 g/mol. The predicted molar refractivity (Wildman–Crippen MR) is 70.4 cm³/mol. The molecule has 0 aliphatic heterocycles. The van der Waals surface area contributed by atoms with E-state index in [1.54, 1.807) is 12.1 Å². The smallest absolute Gasteiger partial charge is 0.251 e. The zero-order valence-electron chi connectivity index (χ0n) is 11.2. The number of amides is 1. The summed E-state index contributed by atoms with van der Waals surface area (Å²) in [7, 11) is 0. The molecule has 4 heteroatoms. The highest BCUT2D eigenvalue weighted by molar-refractivity contribution is 5.94. The lowest BCUT2D eigenvalue weighted by atomic mass is 10.1. The van der Waals surface area contributed by atoms with E-state index in [0.717, 1.165) is 5.56 Å². The quantitative estimate of drug-likeness (QED) is 0.837. The van der Waals surface area contributed by atoms with Gasteiger partial charge in [0, 0.05) is 12.1 Å². The number of carbonyl (C=O) groups is 1. The number of nitrogens with one attached hydrogen (secondary N) is 1. The van der Waals surface area contributed by atoms with Crippen LogP contribution in [0.25, 0.3) is 0 Å². The van der Waals surface area contributed by atoms with E-state index in [0.29, 0.717) is 12.2 Å². The first-order valence-corrected chi connectivity index (χ1v) is 6.04. The molecule has 0 spiro atoms. The molecule has 0 fully saturated rings. The maximum Gasteiger partial charge on any atom is 0.251 e. The fourth-order valence-corrected chi connectivity index (χ4v) is 1.32. The van der Waals surface area contributed by atoms with Crippen LogP contribution in [0.1, 0.15) is 36.7 Å². The maximum atomic E-state index is 11.6. The van der Waals surface area contributed by atoms with Gasteiger partial charge in [-0.1, -0.05) is 12.1 Å². The average molecular weight is 251 g/mol. The summed E-state index contributed by atoms with van der Waals surface area (Å²) in [6.45, 7) is 6.76. The van der Waals surface area contributed by atoms with Crippen molar-refractivity contribution in [2.45, 2.75) is 33.0 Å². The molecule has 0 radical (unpaired) electrons. The number of aliphatic hydroxyl groups is 1. The first kappa shape index (κ1) is 14.7. The van der Waals surface area contributed by atoms with Crippen molar-refractivity contribution in [3.63, 3.8) is 0 Å². The molecule has 4 nitrogen and oxygen atoms in total. The topological polar surface area (TPSA) is 58.6 Å². The van der Waals surface area contributed by atoms with Gasteiger partial charge in [-0.05, 0) is 38.5 Å². The van der Waals surface area contributed by atoms with Gasteiger partial charge >= 0.3 is 0 Å². The van der Waals surface area contributed by atoms with Crippen molar-refractivity contribution in [2.24, 2.45) is 0 Å². The summed E-state index contributed by atoms with van der Waals surface area (Å²) in [6, 6.07) is 7.27. The van der Waals surface area contributed by atoms with Crippen molar-refractivity contribution in [1.29, 1.82) is 0 Å². The van der Waals surface area contributed by atoms with Crippen LogP contribution < -0.4 is 5.32 Å². The highest BCUT2D eigenvalue weighted by Gasteiger charge is 2.10. The van der Waals surface area contributed by atoms with Gasteiger partial charge < -0.3 is 15.2 Å². The number of hydrogen-bond acceptors (Lipinski definition) is 3. The Balaban J connectivity index is 2.54. The second-order valence-corrected chi connectivity index (χ2v) is 5.08. The van der Waals surface area contributed by atoms with E-state index in [2.05, 4.69) is 5.32 Å². The molecule has 100 valence electrons. The van der Waals surface area contributed by atoms with Gasteiger partial charge in [0.05, 0.1) is 18.8 Å². The first-order valence-electron chi connectivity index (χ1n) is 6.04.